The Hall–Kier alpha value is -1.06. The van der Waals surface area contributed by atoms with E-state index >= 15 is 0 Å². The summed E-state index contributed by atoms with van der Waals surface area (Å²) in [7, 11) is 0. The van der Waals surface area contributed by atoms with E-state index in [4.69, 9.17) is 5.73 Å². The number of carbonyl (C=O) groups is 1. The molecule has 0 aliphatic rings. The minimum absolute atomic E-state index is 0. The van der Waals surface area contributed by atoms with Crippen LogP contribution in [0.4, 0.5) is 0 Å². The first kappa shape index (κ1) is 14.9. The van der Waals surface area contributed by atoms with Crippen molar-refractivity contribution < 1.29 is 4.79 Å². The van der Waals surface area contributed by atoms with Crippen molar-refractivity contribution in [3.63, 3.8) is 0 Å². The predicted molar refractivity (Wildman–Crippen MR) is 68.7 cm³/mol. The highest BCUT2D eigenvalue weighted by atomic mass is 35.5. The fourth-order valence-corrected chi connectivity index (χ4v) is 1.38. The highest BCUT2D eigenvalue weighted by Crippen LogP contribution is 2.12. The van der Waals surface area contributed by atoms with Crippen molar-refractivity contribution in [3.05, 3.63) is 35.4 Å². The van der Waals surface area contributed by atoms with Crippen LogP contribution in [0.3, 0.4) is 0 Å². The summed E-state index contributed by atoms with van der Waals surface area (Å²) in [5.74, 6) is 0.00516. The summed E-state index contributed by atoms with van der Waals surface area (Å²) in [4.78, 5) is 11.3. The van der Waals surface area contributed by atoms with Gasteiger partial charge in [0, 0.05) is 13.0 Å². The minimum atomic E-state index is 0. The highest BCUT2D eigenvalue weighted by Gasteiger charge is 2.07. The summed E-state index contributed by atoms with van der Waals surface area (Å²) in [6.07, 6.45) is 0.385. The third kappa shape index (κ3) is 4.64. The number of carbonyl (C=O) groups excluding carboxylic acids is 1. The van der Waals surface area contributed by atoms with E-state index in [-0.39, 0.29) is 24.4 Å². The van der Waals surface area contributed by atoms with Gasteiger partial charge >= 0.3 is 0 Å². The van der Waals surface area contributed by atoms with E-state index < -0.39 is 0 Å². The van der Waals surface area contributed by atoms with Gasteiger partial charge in [0.1, 0.15) is 0 Å². The second kappa shape index (κ2) is 7.25. The van der Waals surface area contributed by atoms with Crippen molar-refractivity contribution >= 4 is 18.3 Å². The lowest BCUT2D eigenvalue weighted by molar-refractivity contribution is -0.121. The lowest BCUT2D eigenvalue weighted by Gasteiger charge is -2.14. The lowest BCUT2D eigenvalue weighted by Crippen LogP contribution is -2.28. The average Bonchev–Trinajstić information content (AvgIpc) is 2.18. The van der Waals surface area contributed by atoms with Crippen LogP contribution in [0.15, 0.2) is 24.3 Å². The summed E-state index contributed by atoms with van der Waals surface area (Å²) >= 11 is 0. The Morgan fingerprint density at radius 3 is 2.44 bits per heavy atom. The average molecular weight is 243 g/mol. The standard InChI is InChI=1S/C12H18N2O.ClH/c1-9-3-5-11(6-4-9)10(2)14-12(15)7-8-13;/h3-6,10H,7-8,13H2,1-2H3,(H,14,15);1H. The Balaban J connectivity index is 0.00000225. The maximum absolute atomic E-state index is 11.3. The second-order valence-corrected chi connectivity index (χ2v) is 3.74. The number of nitrogens with one attached hydrogen (secondary N) is 1. The Morgan fingerprint density at radius 2 is 1.94 bits per heavy atom. The molecule has 3 N–H and O–H groups in total. The molecule has 1 aromatic carbocycles. The van der Waals surface area contributed by atoms with Crippen LogP contribution in [0.1, 0.15) is 30.5 Å². The summed E-state index contributed by atoms with van der Waals surface area (Å²) < 4.78 is 0. The molecule has 0 saturated carbocycles. The van der Waals surface area contributed by atoms with Crippen LogP contribution in [-0.2, 0) is 4.79 Å². The maximum Gasteiger partial charge on any atom is 0.221 e. The molecule has 1 unspecified atom stereocenters. The molecule has 0 fully saturated rings. The smallest absolute Gasteiger partial charge is 0.221 e. The predicted octanol–water partition coefficient (Wildman–Crippen LogP) is 1.94. The van der Waals surface area contributed by atoms with Crippen LogP contribution < -0.4 is 11.1 Å². The van der Waals surface area contributed by atoms with E-state index in [1.54, 1.807) is 0 Å². The van der Waals surface area contributed by atoms with E-state index in [9.17, 15) is 4.79 Å². The third-order valence-corrected chi connectivity index (χ3v) is 2.33. The van der Waals surface area contributed by atoms with Crippen molar-refractivity contribution in [2.24, 2.45) is 5.73 Å². The lowest BCUT2D eigenvalue weighted by atomic mass is 10.1. The van der Waals surface area contributed by atoms with E-state index in [1.807, 2.05) is 38.1 Å². The van der Waals surface area contributed by atoms with Gasteiger partial charge in [-0.2, -0.15) is 0 Å². The summed E-state index contributed by atoms with van der Waals surface area (Å²) in [6, 6.07) is 8.19. The molecule has 0 saturated heterocycles. The zero-order valence-electron chi connectivity index (χ0n) is 9.69. The first-order valence-electron chi connectivity index (χ1n) is 5.19. The quantitative estimate of drug-likeness (QED) is 0.848. The first-order valence-corrected chi connectivity index (χ1v) is 5.19. The van der Waals surface area contributed by atoms with Crippen LogP contribution >= 0.6 is 12.4 Å². The van der Waals surface area contributed by atoms with Gasteiger partial charge in [0.25, 0.3) is 0 Å². The molecule has 3 nitrogen and oxygen atoms in total. The van der Waals surface area contributed by atoms with E-state index in [1.165, 1.54) is 5.56 Å². The molecule has 1 rings (SSSR count). The van der Waals surface area contributed by atoms with Gasteiger partial charge in [0.05, 0.1) is 6.04 Å². The molecule has 0 bridgehead atoms. The molecule has 90 valence electrons. The molecule has 4 heteroatoms. The summed E-state index contributed by atoms with van der Waals surface area (Å²) in [6.45, 7) is 4.41. The number of nitrogens with two attached hydrogens (primary N) is 1. The zero-order valence-corrected chi connectivity index (χ0v) is 10.5. The molecule has 0 aliphatic carbocycles. The fraction of sp³-hybridized carbons (Fsp3) is 0.417. The topological polar surface area (TPSA) is 55.1 Å². The number of halogens is 1. The Labute approximate surface area is 103 Å². The van der Waals surface area contributed by atoms with Gasteiger partial charge in [-0.1, -0.05) is 29.8 Å². The summed E-state index contributed by atoms with van der Waals surface area (Å²) in [5, 5.41) is 2.90. The molecule has 16 heavy (non-hydrogen) atoms. The molecular weight excluding hydrogens is 224 g/mol. The maximum atomic E-state index is 11.3. The van der Waals surface area contributed by atoms with Gasteiger partial charge in [-0.05, 0) is 19.4 Å². The number of hydrogen-bond acceptors (Lipinski definition) is 2. The Bertz CT molecular complexity index is 324. The number of hydrogen-bond donors (Lipinski definition) is 2. The monoisotopic (exact) mass is 242 g/mol. The number of amides is 1. The molecule has 1 aromatic rings. The highest BCUT2D eigenvalue weighted by molar-refractivity contribution is 5.85. The van der Waals surface area contributed by atoms with Crippen LogP contribution in [-0.4, -0.2) is 12.5 Å². The van der Waals surface area contributed by atoms with Gasteiger partial charge < -0.3 is 11.1 Å². The molecule has 0 heterocycles. The molecule has 0 aromatic heterocycles. The molecule has 0 spiro atoms. The van der Waals surface area contributed by atoms with Crippen LogP contribution in [0.25, 0.3) is 0 Å². The van der Waals surface area contributed by atoms with Crippen LogP contribution in [0.2, 0.25) is 0 Å². The normalized spacial score (nSPS) is 11.4. The third-order valence-electron chi connectivity index (χ3n) is 2.33. The first-order chi connectivity index (χ1) is 7.13. The van der Waals surface area contributed by atoms with Gasteiger partial charge in [-0.3, -0.25) is 4.79 Å². The Kier molecular flexibility index (Phi) is 6.77. The fourth-order valence-electron chi connectivity index (χ4n) is 1.38. The Morgan fingerprint density at radius 1 is 1.38 bits per heavy atom. The van der Waals surface area contributed by atoms with Crippen molar-refractivity contribution in [3.8, 4) is 0 Å². The van der Waals surface area contributed by atoms with Crippen molar-refractivity contribution in [1.29, 1.82) is 0 Å². The summed E-state index contributed by atoms with van der Waals surface area (Å²) in [5.41, 5.74) is 7.64. The SMILES string of the molecule is Cc1ccc(C(C)NC(=O)CCN)cc1.Cl. The van der Waals surface area contributed by atoms with Crippen molar-refractivity contribution in [1.82, 2.24) is 5.32 Å². The molecule has 1 atom stereocenters. The van der Waals surface area contributed by atoms with Crippen LogP contribution in [0.5, 0.6) is 0 Å². The zero-order chi connectivity index (χ0) is 11.3. The molecule has 1 amide bonds. The van der Waals surface area contributed by atoms with Gasteiger partial charge in [0.2, 0.25) is 5.91 Å². The minimum Gasteiger partial charge on any atom is -0.350 e. The molecule has 0 radical (unpaired) electrons. The molecule has 0 aliphatic heterocycles. The van der Waals surface area contributed by atoms with Crippen molar-refractivity contribution in [2.45, 2.75) is 26.3 Å². The number of benzene rings is 1. The van der Waals surface area contributed by atoms with E-state index in [0.717, 1.165) is 5.56 Å². The van der Waals surface area contributed by atoms with Gasteiger partial charge in [-0.25, -0.2) is 0 Å². The largest absolute Gasteiger partial charge is 0.350 e. The number of rotatable bonds is 4. The van der Waals surface area contributed by atoms with E-state index in [0.29, 0.717) is 13.0 Å². The van der Waals surface area contributed by atoms with Gasteiger partial charge in [0.15, 0.2) is 0 Å². The van der Waals surface area contributed by atoms with E-state index in [2.05, 4.69) is 5.32 Å². The van der Waals surface area contributed by atoms with Crippen molar-refractivity contribution in [2.75, 3.05) is 6.54 Å². The molecular formula is C12H19ClN2O. The second-order valence-electron chi connectivity index (χ2n) is 3.74. The number of aryl methyl sites for hydroxylation is 1. The van der Waals surface area contributed by atoms with Gasteiger partial charge in [-0.15, -0.1) is 12.4 Å². The van der Waals surface area contributed by atoms with Crippen LogP contribution in [0, 0.1) is 6.92 Å².